The molecule has 1 N–H and O–H groups in total. The van der Waals surface area contributed by atoms with Crippen LogP contribution in [-0.2, 0) is 23.0 Å². The fourth-order valence-corrected chi connectivity index (χ4v) is 4.67. The maximum absolute atomic E-state index is 13.8. The second kappa shape index (κ2) is 9.08. The summed E-state index contributed by atoms with van der Waals surface area (Å²) < 4.78 is 40.7. The quantitative estimate of drug-likeness (QED) is 0.522. The lowest BCUT2D eigenvalue weighted by Gasteiger charge is -2.08. The molecule has 2 aromatic heterocycles. The van der Waals surface area contributed by atoms with E-state index in [1.807, 2.05) is 6.92 Å². The number of Topliss-reactive ketones (excluding diaryl/α,β-unsaturated/α-hetero) is 1. The Balaban J connectivity index is 1.60. The number of benzene rings is 1. The first-order chi connectivity index (χ1) is 13.7. The van der Waals surface area contributed by atoms with E-state index in [4.69, 9.17) is 11.6 Å². The van der Waals surface area contributed by atoms with Crippen molar-refractivity contribution >= 4 is 38.7 Å². The molecule has 0 unspecified atom stereocenters. The van der Waals surface area contributed by atoms with E-state index >= 15 is 0 Å². The number of pyridine rings is 1. The number of aryl methyl sites for hydroxylation is 2. The molecule has 1 aromatic carbocycles. The topological polar surface area (TPSA) is 89.0 Å². The van der Waals surface area contributed by atoms with Crippen molar-refractivity contribution in [2.45, 2.75) is 31.2 Å². The van der Waals surface area contributed by atoms with Crippen LogP contribution in [-0.4, -0.2) is 24.2 Å². The maximum Gasteiger partial charge on any atom is 0.243 e. The number of hydrogen-bond donors (Lipinski definition) is 1. The van der Waals surface area contributed by atoms with E-state index in [2.05, 4.69) is 14.7 Å². The Morgan fingerprint density at radius 1 is 1.21 bits per heavy atom. The van der Waals surface area contributed by atoms with Gasteiger partial charge in [0.15, 0.2) is 5.78 Å². The van der Waals surface area contributed by atoms with Crippen LogP contribution < -0.4 is 4.72 Å². The van der Waals surface area contributed by atoms with E-state index in [-0.39, 0.29) is 17.4 Å². The second-order valence-electron chi connectivity index (χ2n) is 6.22. The molecule has 3 rings (SSSR count). The minimum absolute atomic E-state index is 0.101. The lowest BCUT2D eigenvalue weighted by molar-refractivity contribution is 0.0978. The number of hydrogen-bond acceptors (Lipinski definition) is 6. The van der Waals surface area contributed by atoms with Crippen LogP contribution in [0.3, 0.4) is 0 Å². The number of sulfonamides is 1. The number of carbonyl (C=O) groups is 1. The second-order valence-corrected chi connectivity index (χ2v) is 9.71. The van der Waals surface area contributed by atoms with Crippen LogP contribution in [0.4, 0.5) is 4.39 Å². The van der Waals surface area contributed by atoms with Crippen molar-refractivity contribution in [3.8, 4) is 0 Å². The maximum atomic E-state index is 13.8. The predicted octanol–water partition coefficient (Wildman–Crippen LogP) is 3.93. The molecule has 0 aliphatic rings. The van der Waals surface area contributed by atoms with Gasteiger partial charge in [0.25, 0.3) is 0 Å². The summed E-state index contributed by atoms with van der Waals surface area (Å²) in [7, 11) is -4.08. The Hall–Kier alpha value is -2.20. The van der Waals surface area contributed by atoms with Crippen LogP contribution in [0, 0.1) is 12.7 Å². The molecule has 6 nitrogen and oxygen atoms in total. The summed E-state index contributed by atoms with van der Waals surface area (Å²) in [5.74, 6) is -0.999. The molecule has 0 saturated heterocycles. The SMILES string of the molecule is Cc1ncc(CCC(=O)c2ccc(CNS(=O)(=O)c3cc(Cl)ccc3F)cn2)s1. The lowest BCUT2D eigenvalue weighted by atomic mass is 10.1. The molecule has 3 aromatic rings. The number of nitrogens with zero attached hydrogens (tertiary/aromatic N) is 2. The number of aromatic nitrogens is 2. The Bertz CT molecular complexity index is 1130. The molecule has 29 heavy (non-hydrogen) atoms. The van der Waals surface area contributed by atoms with Crippen molar-refractivity contribution in [3.05, 3.63) is 74.7 Å². The average Bonchev–Trinajstić information content (AvgIpc) is 3.12. The van der Waals surface area contributed by atoms with Crippen LogP contribution in [0.1, 0.15) is 32.4 Å². The number of carbonyl (C=O) groups excluding carboxylic acids is 1. The van der Waals surface area contributed by atoms with Gasteiger partial charge in [-0.3, -0.25) is 9.78 Å². The van der Waals surface area contributed by atoms with E-state index in [1.165, 1.54) is 12.3 Å². The molecule has 2 heterocycles. The molecule has 0 atom stereocenters. The fourth-order valence-electron chi connectivity index (χ4n) is 2.52. The molecule has 152 valence electrons. The number of ketones is 1. The third-order valence-corrected chi connectivity index (χ3v) is 6.65. The van der Waals surface area contributed by atoms with Gasteiger partial charge in [0.2, 0.25) is 10.0 Å². The molecule has 0 bridgehead atoms. The molecule has 0 saturated carbocycles. The van der Waals surface area contributed by atoms with E-state index in [0.29, 0.717) is 24.1 Å². The fraction of sp³-hybridized carbons (Fsp3) is 0.211. The Labute approximate surface area is 176 Å². The summed E-state index contributed by atoms with van der Waals surface area (Å²) in [5.41, 5.74) is 0.837. The standard InChI is InChI=1S/C19H17ClFN3O3S2/c1-12-22-11-15(28-12)4-7-18(25)17-6-2-13(9-23-17)10-24-29(26,27)19-8-14(20)3-5-16(19)21/h2-3,5-6,8-9,11,24H,4,7,10H2,1H3. The summed E-state index contributed by atoms with van der Waals surface area (Å²) in [6.45, 7) is 1.81. The van der Waals surface area contributed by atoms with Crippen LogP contribution in [0.2, 0.25) is 5.02 Å². The first kappa shape index (κ1) is 21.5. The molecular formula is C19H17ClFN3O3S2. The van der Waals surface area contributed by atoms with Gasteiger partial charge in [0.05, 0.1) is 5.01 Å². The van der Waals surface area contributed by atoms with Gasteiger partial charge in [-0.15, -0.1) is 11.3 Å². The first-order valence-corrected chi connectivity index (χ1v) is 11.3. The van der Waals surface area contributed by atoms with Crippen molar-refractivity contribution in [3.63, 3.8) is 0 Å². The third-order valence-electron chi connectivity index (χ3n) is 4.03. The number of thiazole rings is 1. The van der Waals surface area contributed by atoms with Crippen molar-refractivity contribution in [2.24, 2.45) is 0 Å². The monoisotopic (exact) mass is 453 g/mol. The third kappa shape index (κ3) is 5.66. The number of nitrogens with one attached hydrogen (secondary N) is 1. The first-order valence-electron chi connectivity index (χ1n) is 8.59. The zero-order chi connectivity index (χ0) is 21.0. The van der Waals surface area contributed by atoms with E-state index < -0.39 is 20.7 Å². The molecule has 0 radical (unpaired) electrons. The minimum atomic E-state index is -4.08. The van der Waals surface area contributed by atoms with Crippen LogP contribution in [0.15, 0.2) is 47.6 Å². The van der Waals surface area contributed by atoms with Crippen molar-refractivity contribution in [1.82, 2.24) is 14.7 Å². The molecule has 0 aliphatic heterocycles. The molecular weight excluding hydrogens is 437 g/mol. The Kier molecular flexibility index (Phi) is 6.74. The van der Waals surface area contributed by atoms with Crippen LogP contribution in [0.25, 0.3) is 0 Å². The van der Waals surface area contributed by atoms with Crippen molar-refractivity contribution in [2.75, 3.05) is 0 Å². The van der Waals surface area contributed by atoms with E-state index in [1.54, 1.807) is 29.7 Å². The van der Waals surface area contributed by atoms with Crippen LogP contribution in [0.5, 0.6) is 0 Å². The zero-order valence-corrected chi connectivity index (χ0v) is 17.7. The molecule has 10 heteroatoms. The van der Waals surface area contributed by atoms with Gasteiger partial charge in [-0.25, -0.2) is 22.5 Å². The normalized spacial score (nSPS) is 11.6. The van der Waals surface area contributed by atoms with Gasteiger partial charge in [0.1, 0.15) is 16.4 Å². The van der Waals surface area contributed by atoms with Gasteiger partial charge >= 0.3 is 0 Å². The van der Waals surface area contributed by atoms with Gasteiger partial charge in [-0.05, 0) is 43.2 Å². The van der Waals surface area contributed by atoms with E-state index in [0.717, 1.165) is 22.0 Å². The number of rotatable bonds is 8. The Morgan fingerprint density at radius 2 is 2.00 bits per heavy atom. The highest BCUT2D eigenvalue weighted by atomic mass is 35.5. The van der Waals surface area contributed by atoms with Gasteiger partial charge in [-0.2, -0.15) is 0 Å². The number of halogens is 2. The van der Waals surface area contributed by atoms with Gasteiger partial charge < -0.3 is 0 Å². The van der Waals surface area contributed by atoms with Crippen molar-refractivity contribution in [1.29, 1.82) is 0 Å². The molecule has 0 fully saturated rings. The minimum Gasteiger partial charge on any atom is -0.292 e. The Morgan fingerprint density at radius 3 is 2.66 bits per heavy atom. The molecule has 0 aliphatic carbocycles. The summed E-state index contributed by atoms with van der Waals surface area (Å²) >= 11 is 7.30. The summed E-state index contributed by atoms with van der Waals surface area (Å²) in [6.07, 6.45) is 4.09. The summed E-state index contributed by atoms with van der Waals surface area (Å²) in [5, 5.41) is 1.07. The van der Waals surface area contributed by atoms with Crippen LogP contribution >= 0.6 is 22.9 Å². The average molecular weight is 454 g/mol. The largest absolute Gasteiger partial charge is 0.292 e. The highest BCUT2D eigenvalue weighted by Crippen LogP contribution is 2.20. The zero-order valence-electron chi connectivity index (χ0n) is 15.4. The van der Waals surface area contributed by atoms with Gasteiger partial charge in [0, 0.05) is 35.3 Å². The van der Waals surface area contributed by atoms with Crippen molar-refractivity contribution < 1.29 is 17.6 Å². The highest BCUT2D eigenvalue weighted by Gasteiger charge is 2.19. The lowest BCUT2D eigenvalue weighted by Crippen LogP contribution is -2.24. The van der Waals surface area contributed by atoms with E-state index in [9.17, 15) is 17.6 Å². The molecule has 0 amide bonds. The predicted molar refractivity (Wildman–Crippen MR) is 109 cm³/mol. The summed E-state index contributed by atoms with van der Waals surface area (Å²) in [6, 6.07) is 6.46. The molecule has 0 spiro atoms. The highest BCUT2D eigenvalue weighted by molar-refractivity contribution is 7.89. The smallest absolute Gasteiger partial charge is 0.243 e. The van der Waals surface area contributed by atoms with Gasteiger partial charge in [-0.1, -0.05) is 17.7 Å². The summed E-state index contributed by atoms with van der Waals surface area (Å²) in [4.78, 5) is 21.0.